The van der Waals surface area contributed by atoms with E-state index < -0.39 is 17.6 Å². The van der Waals surface area contributed by atoms with Crippen LogP contribution in [0.5, 0.6) is 11.5 Å². The van der Waals surface area contributed by atoms with E-state index in [0.717, 1.165) is 6.07 Å². The van der Waals surface area contributed by atoms with Gasteiger partial charge in [-0.15, -0.1) is 0 Å². The summed E-state index contributed by atoms with van der Waals surface area (Å²) in [6.45, 7) is 3.75. The highest BCUT2D eigenvalue weighted by Crippen LogP contribution is 2.28. The number of hydrogen-bond acceptors (Lipinski definition) is 4. The van der Waals surface area contributed by atoms with Crippen molar-refractivity contribution in [1.29, 1.82) is 0 Å². The number of carbonyl (C=O) groups is 2. The third-order valence-corrected chi connectivity index (χ3v) is 3.66. The Morgan fingerprint density at radius 3 is 2.23 bits per heavy atom. The summed E-state index contributed by atoms with van der Waals surface area (Å²) in [6.07, 6.45) is -0.0477. The zero-order valence-corrected chi connectivity index (χ0v) is 16.0. The molecule has 0 aliphatic rings. The third-order valence-electron chi connectivity index (χ3n) is 3.20. The zero-order chi connectivity index (χ0) is 19.3. The normalized spacial score (nSPS) is 10.4. The molecule has 2 rings (SSSR count). The molecular weight excluding hydrogens is 407 g/mol. The Morgan fingerprint density at radius 1 is 1.00 bits per heavy atom. The molecule has 8 heteroatoms. The Bertz CT molecular complexity index is 807. The van der Waals surface area contributed by atoms with E-state index in [2.05, 4.69) is 26.8 Å². The van der Waals surface area contributed by atoms with E-state index in [1.165, 1.54) is 25.3 Å². The van der Waals surface area contributed by atoms with E-state index in [1.54, 1.807) is 12.1 Å². The molecule has 0 atom stereocenters. The third kappa shape index (κ3) is 5.19. The lowest BCUT2D eigenvalue weighted by atomic mass is 10.2. The topological polar surface area (TPSA) is 76.7 Å². The molecule has 0 spiro atoms. The Labute approximate surface area is 158 Å². The van der Waals surface area contributed by atoms with Gasteiger partial charge in [-0.2, -0.15) is 0 Å². The van der Waals surface area contributed by atoms with E-state index in [9.17, 15) is 14.0 Å². The molecule has 0 aliphatic heterocycles. The number of nitrogens with one attached hydrogen (secondary N) is 2. The van der Waals surface area contributed by atoms with Crippen molar-refractivity contribution >= 4 is 27.7 Å². The van der Waals surface area contributed by atoms with Gasteiger partial charge in [0.1, 0.15) is 5.82 Å². The summed E-state index contributed by atoms with van der Waals surface area (Å²) in [5.74, 6) is -0.866. The molecule has 0 saturated heterocycles. The van der Waals surface area contributed by atoms with Crippen LogP contribution in [0.1, 0.15) is 34.6 Å². The van der Waals surface area contributed by atoms with Crippen molar-refractivity contribution in [2.24, 2.45) is 0 Å². The smallest absolute Gasteiger partial charge is 0.269 e. The highest BCUT2D eigenvalue weighted by atomic mass is 79.9. The van der Waals surface area contributed by atoms with Gasteiger partial charge in [0.2, 0.25) is 0 Å². The fourth-order valence-corrected chi connectivity index (χ4v) is 2.57. The molecule has 0 saturated carbocycles. The van der Waals surface area contributed by atoms with Crippen molar-refractivity contribution < 1.29 is 23.5 Å². The van der Waals surface area contributed by atoms with Crippen LogP contribution < -0.4 is 20.3 Å². The van der Waals surface area contributed by atoms with Crippen molar-refractivity contribution in [3.8, 4) is 11.5 Å². The predicted molar refractivity (Wildman–Crippen MR) is 97.8 cm³/mol. The Morgan fingerprint density at radius 2 is 1.65 bits per heavy atom. The van der Waals surface area contributed by atoms with Gasteiger partial charge in [0, 0.05) is 15.6 Å². The van der Waals surface area contributed by atoms with Crippen LogP contribution in [0.2, 0.25) is 0 Å². The molecule has 2 amide bonds. The molecule has 0 aliphatic carbocycles. The summed E-state index contributed by atoms with van der Waals surface area (Å²) in [6, 6.07) is 8.37. The van der Waals surface area contributed by atoms with Gasteiger partial charge >= 0.3 is 0 Å². The van der Waals surface area contributed by atoms with Crippen LogP contribution in [0.25, 0.3) is 0 Å². The molecule has 138 valence electrons. The van der Waals surface area contributed by atoms with Crippen molar-refractivity contribution in [1.82, 2.24) is 10.9 Å². The maximum Gasteiger partial charge on any atom is 0.269 e. The molecule has 2 aromatic rings. The summed E-state index contributed by atoms with van der Waals surface area (Å²) in [5, 5.41) is 0. The molecule has 0 radical (unpaired) electrons. The number of ether oxygens (including phenoxy) is 2. The average Bonchev–Trinajstić information content (AvgIpc) is 2.58. The number of halogens is 2. The largest absolute Gasteiger partial charge is 0.493 e. The summed E-state index contributed by atoms with van der Waals surface area (Å²) in [5.41, 5.74) is 4.84. The molecule has 0 aromatic heterocycles. The zero-order valence-electron chi connectivity index (χ0n) is 14.4. The first-order chi connectivity index (χ1) is 12.3. The fourth-order valence-electron chi connectivity index (χ4n) is 2.10. The number of amides is 2. The second kappa shape index (κ2) is 8.66. The molecule has 2 aromatic carbocycles. The van der Waals surface area contributed by atoms with Gasteiger partial charge in [-0.3, -0.25) is 20.4 Å². The van der Waals surface area contributed by atoms with Crippen LogP contribution in [-0.2, 0) is 0 Å². The Balaban J connectivity index is 2.06. The number of carbonyl (C=O) groups excluding carboxylic acids is 2. The highest BCUT2D eigenvalue weighted by Gasteiger charge is 2.14. The van der Waals surface area contributed by atoms with E-state index in [4.69, 9.17) is 9.47 Å². The molecule has 26 heavy (non-hydrogen) atoms. The summed E-state index contributed by atoms with van der Waals surface area (Å²) >= 11 is 3.10. The summed E-state index contributed by atoms with van der Waals surface area (Å²) in [4.78, 5) is 24.2. The van der Waals surface area contributed by atoms with E-state index in [0.29, 0.717) is 16.0 Å². The first-order valence-electron chi connectivity index (χ1n) is 7.71. The lowest BCUT2D eigenvalue weighted by Gasteiger charge is -2.14. The second-order valence-corrected chi connectivity index (χ2v) is 6.51. The van der Waals surface area contributed by atoms with E-state index in [-0.39, 0.29) is 17.2 Å². The number of methoxy groups -OCH3 is 1. The summed E-state index contributed by atoms with van der Waals surface area (Å²) in [7, 11) is 1.47. The van der Waals surface area contributed by atoms with Gasteiger partial charge in [0.15, 0.2) is 11.5 Å². The quantitative estimate of drug-likeness (QED) is 0.720. The average molecular weight is 425 g/mol. The predicted octanol–water partition coefficient (Wildman–Crippen LogP) is 3.46. The molecule has 0 fully saturated rings. The van der Waals surface area contributed by atoms with Crippen molar-refractivity contribution in [3.05, 3.63) is 57.8 Å². The van der Waals surface area contributed by atoms with Crippen LogP contribution in [0.3, 0.4) is 0 Å². The Kier molecular flexibility index (Phi) is 6.57. The molecule has 6 nitrogen and oxygen atoms in total. The molecular formula is C18H18BrFN2O4. The molecule has 2 N–H and O–H groups in total. The highest BCUT2D eigenvalue weighted by molar-refractivity contribution is 9.10. The van der Waals surface area contributed by atoms with Crippen molar-refractivity contribution in [2.75, 3.05) is 7.11 Å². The number of hydrazine groups is 1. The molecule has 0 unspecified atom stereocenters. The number of benzene rings is 2. The van der Waals surface area contributed by atoms with Crippen LogP contribution >= 0.6 is 15.9 Å². The minimum absolute atomic E-state index is 0.0477. The van der Waals surface area contributed by atoms with Crippen molar-refractivity contribution in [2.45, 2.75) is 20.0 Å². The first-order valence-corrected chi connectivity index (χ1v) is 8.51. The number of hydrogen-bond donors (Lipinski definition) is 2. The van der Waals surface area contributed by atoms with Gasteiger partial charge in [0.05, 0.1) is 13.2 Å². The van der Waals surface area contributed by atoms with Crippen LogP contribution in [0.15, 0.2) is 40.9 Å². The standard InChI is InChI=1S/C18H18BrFN2O4/c1-10(2)26-15-5-4-11(8-16(15)25-3)17(23)21-22-18(24)12-6-13(19)9-14(20)7-12/h4-10H,1-3H3,(H,21,23)(H,22,24). The van der Waals surface area contributed by atoms with Crippen molar-refractivity contribution in [3.63, 3.8) is 0 Å². The van der Waals surface area contributed by atoms with Gasteiger partial charge in [0.25, 0.3) is 11.8 Å². The SMILES string of the molecule is COc1cc(C(=O)NNC(=O)c2cc(F)cc(Br)c2)ccc1OC(C)C. The second-order valence-electron chi connectivity index (χ2n) is 5.60. The number of rotatable bonds is 5. The minimum atomic E-state index is -0.648. The lowest BCUT2D eigenvalue weighted by molar-refractivity contribution is 0.0846. The minimum Gasteiger partial charge on any atom is -0.493 e. The fraction of sp³-hybridized carbons (Fsp3) is 0.222. The van der Waals surface area contributed by atoms with Crippen LogP contribution in [-0.4, -0.2) is 25.0 Å². The molecule has 0 heterocycles. The lowest BCUT2D eigenvalue weighted by Crippen LogP contribution is -2.41. The van der Waals surface area contributed by atoms with E-state index in [1.807, 2.05) is 13.8 Å². The van der Waals surface area contributed by atoms with Gasteiger partial charge in [-0.25, -0.2) is 4.39 Å². The maximum atomic E-state index is 13.3. The summed E-state index contributed by atoms with van der Waals surface area (Å²) < 4.78 is 24.6. The van der Waals surface area contributed by atoms with E-state index >= 15 is 0 Å². The maximum absolute atomic E-state index is 13.3. The van der Waals surface area contributed by atoms with Gasteiger partial charge in [-0.1, -0.05) is 15.9 Å². The first kappa shape index (κ1) is 19.7. The van der Waals surface area contributed by atoms with Crippen LogP contribution in [0.4, 0.5) is 4.39 Å². The Hall–Kier alpha value is -2.61. The van der Waals surface area contributed by atoms with Crippen LogP contribution in [0, 0.1) is 5.82 Å². The molecule has 0 bridgehead atoms. The van der Waals surface area contributed by atoms with Gasteiger partial charge in [-0.05, 0) is 50.2 Å². The van der Waals surface area contributed by atoms with Gasteiger partial charge < -0.3 is 9.47 Å². The monoisotopic (exact) mass is 424 g/mol.